The minimum Gasteiger partial charge on any atom is -0.540 e. The summed E-state index contributed by atoms with van der Waals surface area (Å²) in [5.41, 5.74) is 9.40. The average molecular weight is 281 g/mol. The lowest BCUT2D eigenvalue weighted by Gasteiger charge is -1.97. The van der Waals surface area contributed by atoms with Gasteiger partial charge in [-0.05, 0) is 17.7 Å². The SMILES string of the molecule is [N-]=[N+]=Nc1ccc(Br)cc1-[n+]1coc([O-])c1. The van der Waals surface area contributed by atoms with Crippen molar-refractivity contribution in [2.24, 2.45) is 5.11 Å². The molecular formula is C9H5BrN4O2. The summed E-state index contributed by atoms with van der Waals surface area (Å²) in [4.78, 5) is 2.72. The summed E-state index contributed by atoms with van der Waals surface area (Å²) in [6.07, 6.45) is 2.51. The summed E-state index contributed by atoms with van der Waals surface area (Å²) < 4.78 is 6.91. The Balaban J connectivity index is 2.61. The van der Waals surface area contributed by atoms with Crippen LogP contribution in [-0.2, 0) is 0 Å². The number of azide groups is 1. The van der Waals surface area contributed by atoms with Crippen molar-refractivity contribution in [3.05, 3.63) is 45.7 Å². The highest BCUT2D eigenvalue weighted by atomic mass is 79.9. The molecule has 0 atom stereocenters. The van der Waals surface area contributed by atoms with Crippen LogP contribution in [0.2, 0.25) is 0 Å². The number of halogens is 1. The molecule has 0 saturated carbocycles. The smallest absolute Gasteiger partial charge is 0.228 e. The Morgan fingerprint density at radius 2 is 2.31 bits per heavy atom. The lowest BCUT2D eigenvalue weighted by molar-refractivity contribution is -0.599. The van der Waals surface area contributed by atoms with Gasteiger partial charge in [-0.1, -0.05) is 21.0 Å². The number of hydrogen-bond donors (Lipinski definition) is 0. The van der Waals surface area contributed by atoms with E-state index in [1.54, 1.807) is 18.2 Å². The quantitative estimate of drug-likeness (QED) is 0.366. The number of nitrogens with zero attached hydrogens (tertiary/aromatic N) is 4. The molecule has 0 bridgehead atoms. The van der Waals surface area contributed by atoms with Gasteiger partial charge in [-0.3, -0.25) is 0 Å². The zero-order chi connectivity index (χ0) is 11.5. The Bertz CT molecular complexity index is 575. The van der Waals surface area contributed by atoms with E-state index in [9.17, 15) is 5.11 Å². The lowest BCUT2D eigenvalue weighted by atomic mass is 10.2. The first kappa shape index (κ1) is 10.5. The topological polar surface area (TPSA) is 88.8 Å². The van der Waals surface area contributed by atoms with Crippen LogP contribution in [-0.4, -0.2) is 0 Å². The second kappa shape index (κ2) is 4.26. The van der Waals surface area contributed by atoms with Crippen molar-refractivity contribution >= 4 is 21.6 Å². The van der Waals surface area contributed by atoms with Crippen molar-refractivity contribution in [1.82, 2.24) is 0 Å². The van der Waals surface area contributed by atoms with E-state index in [-0.39, 0.29) is 0 Å². The van der Waals surface area contributed by atoms with Crippen LogP contribution in [0.15, 0.2) is 44.8 Å². The second-order valence-electron chi connectivity index (χ2n) is 2.90. The highest BCUT2D eigenvalue weighted by Crippen LogP contribution is 2.24. The molecule has 2 aromatic rings. The first-order valence-corrected chi connectivity index (χ1v) is 5.02. The number of oxazole rings is 1. The Hall–Kier alpha value is -1.98. The molecule has 0 amide bonds. The summed E-state index contributed by atoms with van der Waals surface area (Å²) in [7, 11) is 0. The molecule has 1 heterocycles. The summed E-state index contributed by atoms with van der Waals surface area (Å²) in [5.74, 6) is -0.466. The van der Waals surface area contributed by atoms with Crippen molar-refractivity contribution in [2.75, 3.05) is 0 Å². The Morgan fingerprint density at radius 3 is 2.94 bits per heavy atom. The van der Waals surface area contributed by atoms with E-state index in [2.05, 4.69) is 30.4 Å². The highest BCUT2D eigenvalue weighted by Gasteiger charge is 2.12. The highest BCUT2D eigenvalue weighted by molar-refractivity contribution is 9.10. The fraction of sp³-hybridized carbons (Fsp3) is 0. The molecule has 6 nitrogen and oxygen atoms in total. The van der Waals surface area contributed by atoms with Gasteiger partial charge in [-0.2, -0.15) is 4.57 Å². The third kappa shape index (κ3) is 2.00. The van der Waals surface area contributed by atoms with Gasteiger partial charge in [0, 0.05) is 15.5 Å². The van der Waals surface area contributed by atoms with Gasteiger partial charge < -0.3 is 9.52 Å². The predicted octanol–water partition coefficient (Wildman–Crippen LogP) is 2.33. The van der Waals surface area contributed by atoms with Crippen molar-refractivity contribution in [3.63, 3.8) is 0 Å². The minimum absolute atomic E-state index is 0.413. The fourth-order valence-corrected chi connectivity index (χ4v) is 1.59. The maximum atomic E-state index is 10.9. The van der Waals surface area contributed by atoms with Crippen molar-refractivity contribution in [1.29, 1.82) is 0 Å². The Labute approximate surface area is 98.5 Å². The van der Waals surface area contributed by atoms with E-state index in [4.69, 9.17) is 5.53 Å². The molecule has 0 aliphatic carbocycles. The predicted molar refractivity (Wildman–Crippen MR) is 56.2 cm³/mol. The Morgan fingerprint density at radius 1 is 1.50 bits per heavy atom. The van der Waals surface area contributed by atoms with Gasteiger partial charge in [-0.25, -0.2) is 0 Å². The van der Waals surface area contributed by atoms with Crippen LogP contribution >= 0.6 is 15.9 Å². The molecule has 0 saturated heterocycles. The van der Waals surface area contributed by atoms with Crippen LogP contribution in [0.4, 0.5) is 5.69 Å². The summed E-state index contributed by atoms with van der Waals surface area (Å²) in [6.45, 7) is 0. The van der Waals surface area contributed by atoms with Crippen molar-refractivity contribution in [3.8, 4) is 11.6 Å². The number of aromatic nitrogens is 1. The van der Waals surface area contributed by atoms with Gasteiger partial charge >= 0.3 is 0 Å². The molecule has 16 heavy (non-hydrogen) atoms. The van der Waals surface area contributed by atoms with Gasteiger partial charge in [0.05, 0.1) is 0 Å². The fourth-order valence-electron chi connectivity index (χ4n) is 1.25. The average Bonchev–Trinajstić information content (AvgIpc) is 2.68. The van der Waals surface area contributed by atoms with Gasteiger partial charge in [0.15, 0.2) is 6.20 Å². The number of benzene rings is 1. The normalized spacial score (nSPS) is 9.81. The van der Waals surface area contributed by atoms with E-state index in [0.29, 0.717) is 11.4 Å². The van der Waals surface area contributed by atoms with E-state index < -0.39 is 5.95 Å². The third-order valence-corrected chi connectivity index (χ3v) is 2.39. The monoisotopic (exact) mass is 280 g/mol. The van der Waals surface area contributed by atoms with Crippen LogP contribution in [0.5, 0.6) is 5.95 Å². The standard InChI is InChI=1S/C9H5BrN4O2/c10-6-1-2-7(12-13-11)8(3-6)14-4-9(15)16-5-14/h1-5H. The molecule has 0 radical (unpaired) electrons. The molecule has 2 rings (SSSR count). The first-order valence-electron chi connectivity index (χ1n) is 4.22. The summed E-state index contributed by atoms with van der Waals surface area (Å²) in [5, 5.41) is 14.4. The number of hydrogen-bond acceptors (Lipinski definition) is 3. The molecule has 0 N–H and O–H groups in total. The van der Waals surface area contributed by atoms with E-state index in [1.165, 1.54) is 17.2 Å². The van der Waals surface area contributed by atoms with Crippen LogP contribution in [0, 0.1) is 0 Å². The molecule has 0 spiro atoms. The molecule has 0 unspecified atom stereocenters. The maximum Gasteiger partial charge on any atom is 0.228 e. The lowest BCUT2D eigenvalue weighted by Crippen LogP contribution is -2.26. The molecule has 0 fully saturated rings. The molecule has 7 heteroatoms. The minimum atomic E-state index is -0.466. The largest absolute Gasteiger partial charge is 0.540 e. The first-order chi connectivity index (χ1) is 7.70. The maximum absolute atomic E-state index is 10.9. The van der Waals surface area contributed by atoms with Crippen LogP contribution < -0.4 is 9.67 Å². The van der Waals surface area contributed by atoms with Gasteiger partial charge in [0.2, 0.25) is 12.1 Å². The second-order valence-corrected chi connectivity index (χ2v) is 3.82. The molecule has 0 aliphatic rings. The van der Waals surface area contributed by atoms with Crippen LogP contribution in [0.25, 0.3) is 16.1 Å². The van der Waals surface area contributed by atoms with Gasteiger partial charge in [-0.15, -0.1) is 0 Å². The zero-order valence-corrected chi connectivity index (χ0v) is 9.46. The molecule has 1 aromatic heterocycles. The molecule has 1 aromatic carbocycles. The van der Waals surface area contributed by atoms with Gasteiger partial charge in [0.25, 0.3) is 0 Å². The van der Waals surface area contributed by atoms with Crippen molar-refractivity contribution < 1.29 is 14.1 Å². The summed E-state index contributed by atoms with van der Waals surface area (Å²) >= 11 is 3.29. The molecule has 80 valence electrons. The molecule has 0 aliphatic heterocycles. The van der Waals surface area contributed by atoms with E-state index in [1.807, 2.05) is 0 Å². The third-order valence-electron chi connectivity index (χ3n) is 1.90. The van der Waals surface area contributed by atoms with Crippen LogP contribution in [0.3, 0.4) is 0 Å². The van der Waals surface area contributed by atoms with E-state index in [0.717, 1.165) is 4.47 Å². The van der Waals surface area contributed by atoms with E-state index >= 15 is 0 Å². The zero-order valence-electron chi connectivity index (χ0n) is 7.87. The molecular weight excluding hydrogens is 276 g/mol. The van der Waals surface area contributed by atoms with Crippen LogP contribution in [0.1, 0.15) is 0 Å². The Kier molecular flexibility index (Phi) is 2.80. The van der Waals surface area contributed by atoms with Gasteiger partial charge in [0.1, 0.15) is 11.6 Å². The number of rotatable bonds is 2. The summed E-state index contributed by atoms with van der Waals surface area (Å²) in [6, 6.07) is 5.11. The van der Waals surface area contributed by atoms with Crippen molar-refractivity contribution in [2.45, 2.75) is 0 Å².